The monoisotopic (exact) mass is 319 g/mol. The fourth-order valence-electron chi connectivity index (χ4n) is 1.58. The Bertz CT molecular complexity index is 625. The van der Waals surface area contributed by atoms with Crippen molar-refractivity contribution < 1.29 is 22.5 Å². The molecule has 1 unspecified atom stereocenters. The topological polar surface area (TPSA) is 101 Å². The van der Waals surface area contributed by atoms with Gasteiger partial charge in [-0.25, -0.2) is 17.9 Å². The molecule has 1 rings (SSSR count). The fraction of sp³-hybridized carbons (Fsp3) is 0.417. The van der Waals surface area contributed by atoms with E-state index in [0.717, 1.165) is 6.07 Å². The van der Waals surface area contributed by atoms with Gasteiger partial charge in [-0.1, -0.05) is 6.07 Å². The third kappa shape index (κ3) is 4.69. The predicted molar refractivity (Wildman–Crippen MR) is 76.9 cm³/mol. The van der Waals surface area contributed by atoms with Crippen LogP contribution in [0.4, 0.5) is 0 Å². The Morgan fingerprint density at radius 3 is 2.60 bits per heavy atom. The SMILES string of the molecule is Cc1ccc(C(=O)O)cc1S(=O)(=O)NCCCS(C)=O. The van der Waals surface area contributed by atoms with Gasteiger partial charge in [0, 0.05) is 29.4 Å². The van der Waals surface area contributed by atoms with Crippen LogP contribution in [0.2, 0.25) is 0 Å². The maximum absolute atomic E-state index is 12.1. The van der Waals surface area contributed by atoms with Crippen LogP contribution in [0.25, 0.3) is 0 Å². The highest BCUT2D eigenvalue weighted by atomic mass is 32.2. The minimum atomic E-state index is -3.76. The number of carboxylic acid groups (broad SMARTS) is 1. The third-order valence-corrected chi connectivity index (χ3v) is 5.09. The molecule has 0 aliphatic carbocycles. The van der Waals surface area contributed by atoms with E-state index in [4.69, 9.17) is 5.11 Å². The van der Waals surface area contributed by atoms with Gasteiger partial charge in [-0.15, -0.1) is 0 Å². The average Bonchev–Trinajstić information content (AvgIpc) is 2.34. The molecule has 0 fully saturated rings. The third-order valence-electron chi connectivity index (χ3n) is 2.63. The van der Waals surface area contributed by atoms with Crippen molar-refractivity contribution in [1.29, 1.82) is 0 Å². The van der Waals surface area contributed by atoms with Crippen molar-refractivity contribution in [2.24, 2.45) is 0 Å². The normalized spacial score (nSPS) is 13.1. The van der Waals surface area contributed by atoms with Gasteiger partial charge < -0.3 is 5.11 Å². The van der Waals surface area contributed by atoms with Crippen molar-refractivity contribution >= 4 is 26.8 Å². The smallest absolute Gasteiger partial charge is 0.335 e. The van der Waals surface area contributed by atoms with Crippen LogP contribution in [0.3, 0.4) is 0 Å². The molecule has 1 aromatic rings. The molecule has 0 bridgehead atoms. The number of hydrogen-bond donors (Lipinski definition) is 2. The number of nitrogens with one attached hydrogen (secondary N) is 1. The van der Waals surface area contributed by atoms with Crippen LogP contribution in [0.5, 0.6) is 0 Å². The van der Waals surface area contributed by atoms with E-state index in [1.807, 2.05) is 0 Å². The molecule has 8 heteroatoms. The van der Waals surface area contributed by atoms with E-state index in [2.05, 4.69) is 4.72 Å². The molecule has 0 amide bonds. The van der Waals surface area contributed by atoms with Gasteiger partial charge in [-0.2, -0.15) is 0 Å². The van der Waals surface area contributed by atoms with Crippen LogP contribution in [-0.4, -0.2) is 42.3 Å². The summed E-state index contributed by atoms with van der Waals surface area (Å²) in [6, 6.07) is 3.95. The molecule has 1 aromatic carbocycles. The Morgan fingerprint density at radius 2 is 2.05 bits per heavy atom. The summed E-state index contributed by atoms with van der Waals surface area (Å²) in [6.07, 6.45) is 2.01. The predicted octanol–water partition coefficient (Wildman–Crippen LogP) is 0.740. The number of carboxylic acids is 1. The molecule has 0 aliphatic rings. The van der Waals surface area contributed by atoms with E-state index in [9.17, 15) is 17.4 Å². The molecule has 0 aromatic heterocycles. The molecule has 20 heavy (non-hydrogen) atoms. The van der Waals surface area contributed by atoms with Gasteiger partial charge in [0.2, 0.25) is 10.0 Å². The zero-order valence-electron chi connectivity index (χ0n) is 11.3. The van der Waals surface area contributed by atoms with Crippen molar-refractivity contribution in [2.75, 3.05) is 18.6 Å². The number of sulfonamides is 1. The molecular formula is C12H17NO5S2. The molecular weight excluding hydrogens is 302 g/mol. The lowest BCUT2D eigenvalue weighted by Gasteiger charge is -2.09. The highest BCUT2D eigenvalue weighted by Gasteiger charge is 2.18. The molecule has 0 heterocycles. The van der Waals surface area contributed by atoms with Crippen LogP contribution in [0, 0.1) is 6.92 Å². The van der Waals surface area contributed by atoms with Crippen molar-refractivity contribution in [2.45, 2.75) is 18.2 Å². The molecule has 0 saturated carbocycles. The van der Waals surface area contributed by atoms with Crippen molar-refractivity contribution in [1.82, 2.24) is 4.72 Å². The molecule has 112 valence electrons. The van der Waals surface area contributed by atoms with Crippen molar-refractivity contribution in [3.63, 3.8) is 0 Å². The Morgan fingerprint density at radius 1 is 1.40 bits per heavy atom. The second kappa shape index (κ2) is 6.96. The molecule has 0 spiro atoms. The first-order valence-electron chi connectivity index (χ1n) is 5.87. The number of aromatic carboxylic acids is 1. The van der Waals surface area contributed by atoms with E-state index in [-0.39, 0.29) is 17.0 Å². The first kappa shape index (κ1) is 16.8. The number of hydrogen-bond acceptors (Lipinski definition) is 4. The van der Waals surface area contributed by atoms with Crippen molar-refractivity contribution in [3.05, 3.63) is 29.3 Å². The molecule has 2 N–H and O–H groups in total. The Hall–Kier alpha value is -1.25. The van der Waals surface area contributed by atoms with E-state index in [1.54, 1.807) is 13.2 Å². The average molecular weight is 319 g/mol. The largest absolute Gasteiger partial charge is 0.478 e. The zero-order valence-corrected chi connectivity index (χ0v) is 12.9. The van der Waals surface area contributed by atoms with Gasteiger partial charge in [0.25, 0.3) is 0 Å². The summed E-state index contributed by atoms with van der Waals surface area (Å²) in [5.74, 6) is -0.765. The fourth-order valence-corrected chi connectivity index (χ4v) is 3.48. The zero-order chi connectivity index (χ0) is 15.3. The molecule has 6 nitrogen and oxygen atoms in total. The Kier molecular flexibility index (Phi) is 5.85. The summed E-state index contributed by atoms with van der Waals surface area (Å²) in [6.45, 7) is 1.76. The van der Waals surface area contributed by atoms with Crippen LogP contribution in [-0.2, 0) is 20.8 Å². The summed E-state index contributed by atoms with van der Waals surface area (Å²) < 4.78 is 37.4. The quantitative estimate of drug-likeness (QED) is 0.722. The molecule has 0 saturated heterocycles. The number of carbonyl (C=O) groups is 1. The lowest BCUT2D eigenvalue weighted by Crippen LogP contribution is -2.26. The van der Waals surface area contributed by atoms with Gasteiger partial charge in [0.15, 0.2) is 0 Å². The Labute approximate surface area is 120 Å². The van der Waals surface area contributed by atoms with E-state index in [0.29, 0.717) is 17.7 Å². The first-order valence-corrected chi connectivity index (χ1v) is 9.08. The van der Waals surface area contributed by atoms with E-state index >= 15 is 0 Å². The summed E-state index contributed by atoms with van der Waals surface area (Å²) in [5.41, 5.74) is 0.396. The second-order valence-electron chi connectivity index (χ2n) is 4.31. The molecule has 0 aliphatic heterocycles. The van der Waals surface area contributed by atoms with Crippen LogP contribution < -0.4 is 4.72 Å². The second-order valence-corrected chi connectivity index (χ2v) is 7.60. The lowest BCUT2D eigenvalue weighted by atomic mass is 10.1. The molecule has 0 radical (unpaired) electrons. The van der Waals surface area contributed by atoms with E-state index in [1.165, 1.54) is 12.1 Å². The number of rotatable bonds is 7. The minimum Gasteiger partial charge on any atom is -0.478 e. The maximum Gasteiger partial charge on any atom is 0.335 e. The lowest BCUT2D eigenvalue weighted by molar-refractivity contribution is 0.0696. The molecule has 1 atom stereocenters. The van der Waals surface area contributed by atoms with Gasteiger partial charge >= 0.3 is 5.97 Å². The number of aryl methyl sites for hydroxylation is 1. The van der Waals surface area contributed by atoms with E-state index < -0.39 is 26.8 Å². The van der Waals surface area contributed by atoms with Crippen LogP contribution >= 0.6 is 0 Å². The summed E-state index contributed by atoms with van der Waals surface area (Å²) >= 11 is 0. The Balaban J connectivity index is 2.89. The van der Waals surface area contributed by atoms with Gasteiger partial charge in [-0.3, -0.25) is 4.21 Å². The standard InChI is InChI=1S/C12H17NO5S2/c1-9-4-5-10(12(14)15)8-11(9)20(17,18)13-6-3-7-19(2)16/h4-5,8,13H,3,6-7H2,1-2H3,(H,14,15). The highest BCUT2D eigenvalue weighted by molar-refractivity contribution is 7.89. The summed E-state index contributed by atoms with van der Waals surface area (Å²) in [7, 11) is -4.72. The van der Waals surface area contributed by atoms with Crippen molar-refractivity contribution in [3.8, 4) is 0 Å². The summed E-state index contributed by atoms with van der Waals surface area (Å²) in [4.78, 5) is 10.8. The van der Waals surface area contributed by atoms with Gasteiger partial charge in [0.05, 0.1) is 10.5 Å². The highest BCUT2D eigenvalue weighted by Crippen LogP contribution is 2.17. The first-order chi connectivity index (χ1) is 9.24. The van der Waals surface area contributed by atoms with Gasteiger partial charge in [0.1, 0.15) is 0 Å². The minimum absolute atomic E-state index is 0.0463. The number of benzene rings is 1. The van der Waals surface area contributed by atoms with Crippen LogP contribution in [0.15, 0.2) is 23.1 Å². The summed E-state index contributed by atoms with van der Waals surface area (Å²) in [5, 5.41) is 8.89. The maximum atomic E-state index is 12.1. The van der Waals surface area contributed by atoms with Gasteiger partial charge in [-0.05, 0) is 31.0 Å². The van der Waals surface area contributed by atoms with Crippen LogP contribution in [0.1, 0.15) is 22.3 Å².